The SMILES string of the molecule is COC(=O)CC1COC(C2CCS(=O)(=O)CC2)O1. The zero-order chi connectivity index (χ0) is 13.2. The van der Waals surface area contributed by atoms with Crippen LogP contribution in [-0.4, -0.2) is 52.0 Å². The number of hydrogen-bond acceptors (Lipinski definition) is 6. The molecule has 2 rings (SSSR count). The normalized spacial score (nSPS) is 32.3. The summed E-state index contributed by atoms with van der Waals surface area (Å²) < 4.78 is 38.3. The van der Waals surface area contributed by atoms with Crippen molar-refractivity contribution >= 4 is 15.8 Å². The minimum absolute atomic E-state index is 0.108. The molecule has 2 aliphatic heterocycles. The van der Waals surface area contributed by atoms with E-state index in [1.165, 1.54) is 7.11 Å². The van der Waals surface area contributed by atoms with E-state index in [2.05, 4.69) is 4.74 Å². The van der Waals surface area contributed by atoms with E-state index >= 15 is 0 Å². The number of carbonyl (C=O) groups excluding carboxylic acids is 1. The Labute approximate surface area is 107 Å². The molecular weight excluding hydrogens is 260 g/mol. The number of ether oxygens (including phenoxy) is 3. The Bertz CT molecular complexity index is 390. The summed E-state index contributed by atoms with van der Waals surface area (Å²) in [6.45, 7) is 0.364. The van der Waals surface area contributed by atoms with Crippen molar-refractivity contribution in [3.05, 3.63) is 0 Å². The van der Waals surface area contributed by atoms with Gasteiger partial charge in [-0.05, 0) is 12.8 Å². The summed E-state index contributed by atoms with van der Waals surface area (Å²) in [6.07, 6.45) is 0.657. The lowest BCUT2D eigenvalue weighted by Gasteiger charge is -2.26. The molecule has 0 aromatic carbocycles. The third kappa shape index (κ3) is 3.43. The number of hydrogen-bond donors (Lipinski definition) is 0. The highest BCUT2D eigenvalue weighted by Crippen LogP contribution is 2.29. The largest absolute Gasteiger partial charge is 0.469 e. The molecule has 2 aliphatic rings. The second-order valence-electron chi connectivity index (χ2n) is 4.73. The van der Waals surface area contributed by atoms with Crippen LogP contribution in [0.5, 0.6) is 0 Å². The van der Waals surface area contributed by atoms with Crippen molar-refractivity contribution in [1.82, 2.24) is 0 Å². The Morgan fingerprint density at radius 3 is 2.61 bits per heavy atom. The molecule has 18 heavy (non-hydrogen) atoms. The molecule has 0 spiro atoms. The van der Waals surface area contributed by atoms with Gasteiger partial charge < -0.3 is 14.2 Å². The molecule has 0 amide bonds. The summed E-state index contributed by atoms with van der Waals surface area (Å²) in [4.78, 5) is 11.1. The van der Waals surface area contributed by atoms with E-state index in [0.29, 0.717) is 19.4 Å². The van der Waals surface area contributed by atoms with Crippen molar-refractivity contribution in [3.63, 3.8) is 0 Å². The van der Waals surface area contributed by atoms with Crippen LogP contribution in [0.4, 0.5) is 0 Å². The van der Waals surface area contributed by atoms with Crippen LogP contribution in [0.1, 0.15) is 19.3 Å². The third-order valence-electron chi connectivity index (χ3n) is 3.38. The lowest BCUT2D eigenvalue weighted by Crippen LogP contribution is -2.32. The molecule has 2 heterocycles. The van der Waals surface area contributed by atoms with E-state index in [1.54, 1.807) is 0 Å². The molecule has 0 saturated carbocycles. The van der Waals surface area contributed by atoms with Gasteiger partial charge in [0.1, 0.15) is 9.84 Å². The third-order valence-corrected chi connectivity index (χ3v) is 5.09. The highest BCUT2D eigenvalue weighted by atomic mass is 32.2. The van der Waals surface area contributed by atoms with Crippen LogP contribution in [-0.2, 0) is 28.8 Å². The van der Waals surface area contributed by atoms with Gasteiger partial charge in [0.15, 0.2) is 6.29 Å². The summed E-state index contributed by atoms with van der Waals surface area (Å²) in [5, 5.41) is 0. The van der Waals surface area contributed by atoms with Crippen LogP contribution in [0.3, 0.4) is 0 Å². The molecule has 6 nitrogen and oxygen atoms in total. The van der Waals surface area contributed by atoms with Crippen molar-refractivity contribution in [1.29, 1.82) is 0 Å². The van der Waals surface area contributed by atoms with Crippen LogP contribution >= 0.6 is 0 Å². The Morgan fingerprint density at radius 2 is 2.00 bits per heavy atom. The van der Waals surface area contributed by atoms with E-state index in [1.807, 2.05) is 0 Å². The number of sulfone groups is 1. The zero-order valence-corrected chi connectivity index (χ0v) is 11.1. The smallest absolute Gasteiger partial charge is 0.308 e. The molecule has 0 aromatic rings. The molecule has 0 N–H and O–H groups in total. The molecule has 104 valence electrons. The first-order chi connectivity index (χ1) is 8.50. The highest BCUT2D eigenvalue weighted by Gasteiger charge is 2.36. The second-order valence-corrected chi connectivity index (χ2v) is 7.03. The predicted octanol–water partition coefficient (Wildman–Crippen LogP) is 0.116. The van der Waals surface area contributed by atoms with Crippen molar-refractivity contribution in [3.8, 4) is 0 Å². The predicted molar refractivity (Wildman–Crippen MR) is 62.6 cm³/mol. The van der Waals surface area contributed by atoms with E-state index in [-0.39, 0.29) is 42.2 Å². The standard InChI is InChI=1S/C11H18O6S/c1-15-10(12)6-9-7-16-11(17-9)8-2-4-18(13,14)5-3-8/h8-9,11H,2-7H2,1H3. The van der Waals surface area contributed by atoms with E-state index < -0.39 is 9.84 Å². The van der Waals surface area contributed by atoms with Crippen molar-refractivity contribution in [2.75, 3.05) is 25.2 Å². The van der Waals surface area contributed by atoms with Gasteiger partial charge in [0.2, 0.25) is 0 Å². The average Bonchev–Trinajstić information content (AvgIpc) is 2.77. The fourth-order valence-corrected chi connectivity index (χ4v) is 3.80. The van der Waals surface area contributed by atoms with Gasteiger partial charge in [-0.25, -0.2) is 8.42 Å². The summed E-state index contributed by atoms with van der Waals surface area (Å²) in [6, 6.07) is 0. The van der Waals surface area contributed by atoms with Gasteiger partial charge >= 0.3 is 5.97 Å². The van der Waals surface area contributed by atoms with Crippen LogP contribution in [0.2, 0.25) is 0 Å². The quantitative estimate of drug-likeness (QED) is 0.682. The topological polar surface area (TPSA) is 78.9 Å². The molecule has 2 unspecified atom stereocenters. The number of methoxy groups -OCH3 is 1. The van der Waals surface area contributed by atoms with E-state index in [4.69, 9.17) is 9.47 Å². The summed E-state index contributed by atoms with van der Waals surface area (Å²) in [7, 11) is -1.53. The molecule has 2 atom stereocenters. The van der Waals surface area contributed by atoms with Gasteiger partial charge in [0.05, 0.1) is 37.7 Å². The molecular formula is C11H18O6S. The average molecular weight is 278 g/mol. The fraction of sp³-hybridized carbons (Fsp3) is 0.909. The maximum absolute atomic E-state index is 11.3. The molecule has 0 aliphatic carbocycles. The fourth-order valence-electron chi connectivity index (χ4n) is 2.27. The van der Waals surface area contributed by atoms with Gasteiger partial charge in [-0.3, -0.25) is 4.79 Å². The molecule has 0 radical (unpaired) electrons. The molecule has 2 fully saturated rings. The maximum atomic E-state index is 11.3. The Hall–Kier alpha value is -0.660. The Kier molecular flexibility index (Phi) is 4.24. The number of esters is 1. The van der Waals surface area contributed by atoms with Crippen molar-refractivity contribution in [2.45, 2.75) is 31.7 Å². The van der Waals surface area contributed by atoms with Crippen LogP contribution in [0, 0.1) is 5.92 Å². The molecule has 0 aromatic heterocycles. The molecule has 0 bridgehead atoms. The van der Waals surface area contributed by atoms with Gasteiger partial charge in [0.25, 0.3) is 0 Å². The van der Waals surface area contributed by atoms with Gasteiger partial charge in [0, 0.05) is 5.92 Å². The first-order valence-corrected chi connectivity index (χ1v) is 7.86. The minimum atomic E-state index is -2.87. The number of rotatable bonds is 3. The lowest BCUT2D eigenvalue weighted by atomic mass is 10.0. The van der Waals surface area contributed by atoms with Crippen LogP contribution in [0.25, 0.3) is 0 Å². The summed E-state index contributed by atoms with van der Waals surface area (Å²) >= 11 is 0. The van der Waals surface area contributed by atoms with Crippen LogP contribution < -0.4 is 0 Å². The zero-order valence-electron chi connectivity index (χ0n) is 10.3. The Balaban J connectivity index is 1.81. The number of carbonyl (C=O) groups is 1. The molecule has 7 heteroatoms. The van der Waals surface area contributed by atoms with Crippen molar-refractivity contribution in [2.24, 2.45) is 5.92 Å². The summed E-state index contributed by atoms with van der Waals surface area (Å²) in [5.74, 6) is 0.178. The first kappa shape index (κ1) is 13.8. The Morgan fingerprint density at radius 1 is 1.33 bits per heavy atom. The maximum Gasteiger partial charge on any atom is 0.308 e. The monoisotopic (exact) mass is 278 g/mol. The van der Waals surface area contributed by atoms with Gasteiger partial charge in [-0.15, -0.1) is 0 Å². The first-order valence-electron chi connectivity index (χ1n) is 6.04. The minimum Gasteiger partial charge on any atom is -0.469 e. The van der Waals surface area contributed by atoms with E-state index in [9.17, 15) is 13.2 Å². The van der Waals surface area contributed by atoms with E-state index in [0.717, 1.165) is 0 Å². The van der Waals surface area contributed by atoms with Crippen molar-refractivity contribution < 1.29 is 27.4 Å². The molecule has 2 saturated heterocycles. The summed E-state index contributed by atoms with van der Waals surface area (Å²) in [5.41, 5.74) is 0. The lowest BCUT2D eigenvalue weighted by molar-refractivity contribution is -0.145. The second kappa shape index (κ2) is 5.54. The van der Waals surface area contributed by atoms with Crippen LogP contribution in [0.15, 0.2) is 0 Å². The highest BCUT2D eigenvalue weighted by molar-refractivity contribution is 7.91. The van der Waals surface area contributed by atoms with Gasteiger partial charge in [-0.2, -0.15) is 0 Å². The van der Waals surface area contributed by atoms with Gasteiger partial charge in [-0.1, -0.05) is 0 Å².